The third-order valence-electron chi connectivity index (χ3n) is 2.72. The van der Waals surface area contributed by atoms with Crippen LogP contribution in [0, 0.1) is 5.92 Å². The Morgan fingerprint density at radius 2 is 2.47 bits per heavy atom. The molecule has 1 rings (SSSR count). The first-order chi connectivity index (χ1) is 7.15. The molecular weight excluding hydrogens is 262 g/mol. The topological polar surface area (TPSA) is 47.6 Å². The zero-order chi connectivity index (χ0) is 11.3. The van der Waals surface area contributed by atoms with Gasteiger partial charge in [-0.25, -0.2) is 0 Å². The van der Waals surface area contributed by atoms with E-state index in [1.807, 2.05) is 0 Å². The van der Waals surface area contributed by atoms with E-state index in [-0.39, 0.29) is 10.8 Å². The van der Waals surface area contributed by atoms with Gasteiger partial charge >= 0.3 is 5.97 Å². The smallest absolute Gasteiger partial charge is 0.320 e. The number of hydrogen-bond acceptors (Lipinski definition) is 4. The molecule has 0 aromatic heterocycles. The van der Waals surface area contributed by atoms with Gasteiger partial charge in [0, 0.05) is 19.7 Å². The first-order valence-electron chi connectivity index (χ1n) is 5.19. The van der Waals surface area contributed by atoms with Crippen molar-refractivity contribution >= 4 is 21.9 Å². The van der Waals surface area contributed by atoms with Crippen molar-refractivity contribution in [2.24, 2.45) is 5.92 Å². The minimum absolute atomic E-state index is 0.238. The summed E-state index contributed by atoms with van der Waals surface area (Å²) in [6, 6.07) is 0. The second-order valence-corrected chi connectivity index (χ2v) is 4.88. The van der Waals surface area contributed by atoms with Crippen molar-refractivity contribution in [3.63, 3.8) is 0 Å². The highest BCUT2D eigenvalue weighted by molar-refractivity contribution is 9.10. The quantitative estimate of drug-likeness (QED) is 0.601. The molecule has 88 valence electrons. The zero-order valence-corrected chi connectivity index (χ0v) is 10.7. The number of carbonyl (C=O) groups is 1. The second kappa shape index (κ2) is 6.45. The van der Waals surface area contributed by atoms with Gasteiger partial charge in [0.1, 0.15) is 4.83 Å². The summed E-state index contributed by atoms with van der Waals surface area (Å²) in [6.07, 6.45) is 1.42. The van der Waals surface area contributed by atoms with E-state index in [2.05, 4.69) is 32.9 Å². The van der Waals surface area contributed by atoms with Gasteiger partial charge in [-0.1, -0.05) is 15.9 Å². The Bertz CT molecular complexity index is 213. The van der Waals surface area contributed by atoms with Gasteiger partial charge in [-0.2, -0.15) is 0 Å². The van der Waals surface area contributed by atoms with Crippen molar-refractivity contribution in [1.82, 2.24) is 5.32 Å². The van der Waals surface area contributed by atoms with Gasteiger partial charge in [0.05, 0.1) is 13.2 Å². The van der Waals surface area contributed by atoms with Crippen LogP contribution in [-0.4, -0.2) is 43.7 Å². The monoisotopic (exact) mass is 279 g/mol. The molecule has 5 heteroatoms. The molecule has 1 aliphatic heterocycles. The van der Waals surface area contributed by atoms with Gasteiger partial charge in [-0.05, 0) is 19.3 Å². The minimum Gasteiger partial charge on any atom is -0.468 e. The fraction of sp³-hybridized carbons (Fsp3) is 0.900. The van der Waals surface area contributed by atoms with Crippen molar-refractivity contribution in [2.75, 3.05) is 26.8 Å². The number of hydrogen-bond donors (Lipinski definition) is 1. The van der Waals surface area contributed by atoms with Gasteiger partial charge in [0.25, 0.3) is 0 Å². The van der Waals surface area contributed by atoms with Crippen LogP contribution < -0.4 is 5.32 Å². The van der Waals surface area contributed by atoms with Crippen LogP contribution in [0.25, 0.3) is 0 Å². The van der Waals surface area contributed by atoms with Crippen LogP contribution in [0.15, 0.2) is 0 Å². The third-order valence-corrected chi connectivity index (χ3v) is 3.42. The Labute approximate surface area is 98.8 Å². The van der Waals surface area contributed by atoms with Gasteiger partial charge in [0.15, 0.2) is 0 Å². The maximum atomic E-state index is 11.1. The molecular formula is C10H18BrNO3. The van der Waals surface area contributed by atoms with Gasteiger partial charge in [-0.3, -0.25) is 4.79 Å². The van der Waals surface area contributed by atoms with Crippen LogP contribution in [0.5, 0.6) is 0 Å². The van der Waals surface area contributed by atoms with Crippen LogP contribution in [0.2, 0.25) is 0 Å². The summed E-state index contributed by atoms with van der Waals surface area (Å²) in [7, 11) is 1.39. The molecule has 0 radical (unpaired) electrons. The largest absolute Gasteiger partial charge is 0.468 e. The van der Waals surface area contributed by atoms with E-state index in [4.69, 9.17) is 4.74 Å². The molecule has 3 atom stereocenters. The van der Waals surface area contributed by atoms with Crippen LogP contribution in [0.4, 0.5) is 0 Å². The molecule has 0 aliphatic carbocycles. The van der Waals surface area contributed by atoms with E-state index < -0.39 is 0 Å². The Hall–Kier alpha value is -0.130. The summed E-state index contributed by atoms with van der Waals surface area (Å²) in [4.78, 5) is 10.8. The summed E-state index contributed by atoms with van der Waals surface area (Å²) in [6.45, 7) is 4.42. The molecule has 0 aromatic carbocycles. The second-order valence-electron chi connectivity index (χ2n) is 3.77. The molecule has 0 amide bonds. The zero-order valence-electron chi connectivity index (χ0n) is 9.16. The number of nitrogens with one attached hydrogen (secondary N) is 1. The molecule has 1 heterocycles. The highest BCUT2D eigenvalue weighted by Gasteiger charge is 2.24. The molecule has 4 nitrogen and oxygen atoms in total. The number of rotatable bonds is 5. The van der Waals surface area contributed by atoms with Crippen molar-refractivity contribution in [3.8, 4) is 0 Å². The number of halogens is 1. The average molecular weight is 280 g/mol. The summed E-state index contributed by atoms with van der Waals surface area (Å²) in [5, 5.41) is 3.25. The summed E-state index contributed by atoms with van der Waals surface area (Å²) in [5.41, 5.74) is 0. The third kappa shape index (κ3) is 4.09. The summed E-state index contributed by atoms with van der Waals surface area (Å²) in [5.74, 6) is 0.320. The number of alkyl halides is 1. The Kier molecular flexibility index (Phi) is 5.56. The summed E-state index contributed by atoms with van der Waals surface area (Å²) >= 11 is 3.26. The first-order valence-corrected chi connectivity index (χ1v) is 6.11. The highest BCUT2D eigenvalue weighted by atomic mass is 79.9. The van der Waals surface area contributed by atoms with E-state index in [1.54, 1.807) is 0 Å². The summed E-state index contributed by atoms with van der Waals surface area (Å²) < 4.78 is 10.1. The van der Waals surface area contributed by atoms with Crippen molar-refractivity contribution in [2.45, 2.75) is 24.3 Å². The van der Waals surface area contributed by atoms with Gasteiger partial charge in [-0.15, -0.1) is 0 Å². The Morgan fingerprint density at radius 3 is 3.00 bits per heavy atom. The number of esters is 1. The lowest BCUT2D eigenvalue weighted by molar-refractivity contribution is -0.139. The Balaban J connectivity index is 2.13. The predicted octanol–water partition coefficient (Wildman–Crippen LogP) is 0.937. The van der Waals surface area contributed by atoms with E-state index >= 15 is 0 Å². The fourth-order valence-corrected chi connectivity index (χ4v) is 2.07. The van der Waals surface area contributed by atoms with E-state index in [9.17, 15) is 4.79 Å². The van der Waals surface area contributed by atoms with Crippen molar-refractivity contribution in [3.05, 3.63) is 0 Å². The van der Waals surface area contributed by atoms with E-state index in [0.29, 0.717) is 18.6 Å². The van der Waals surface area contributed by atoms with Crippen molar-refractivity contribution < 1.29 is 14.3 Å². The number of methoxy groups -OCH3 is 1. The Morgan fingerprint density at radius 1 is 1.73 bits per heavy atom. The molecule has 1 fully saturated rings. The molecule has 1 saturated heterocycles. The molecule has 0 bridgehead atoms. The standard InChI is InChI=1S/C10H18BrNO3/c1-7-8(3-4-15-7)5-12-6-9(11)10(13)14-2/h7-9,12H,3-6H2,1-2H3. The predicted molar refractivity (Wildman–Crippen MR) is 61.1 cm³/mol. The molecule has 0 aromatic rings. The normalized spacial score (nSPS) is 27.7. The average Bonchev–Trinajstić information content (AvgIpc) is 2.63. The van der Waals surface area contributed by atoms with Crippen LogP contribution in [0.1, 0.15) is 13.3 Å². The minimum atomic E-state index is -0.264. The highest BCUT2D eigenvalue weighted by Crippen LogP contribution is 2.19. The maximum Gasteiger partial charge on any atom is 0.320 e. The van der Waals surface area contributed by atoms with Crippen molar-refractivity contribution in [1.29, 1.82) is 0 Å². The lowest BCUT2D eigenvalue weighted by Crippen LogP contribution is -2.34. The first kappa shape index (κ1) is 12.9. The molecule has 0 saturated carbocycles. The van der Waals surface area contributed by atoms with E-state index in [0.717, 1.165) is 19.6 Å². The van der Waals surface area contributed by atoms with Crippen LogP contribution in [0.3, 0.4) is 0 Å². The number of ether oxygens (including phenoxy) is 2. The lowest BCUT2D eigenvalue weighted by atomic mass is 10.0. The lowest BCUT2D eigenvalue weighted by Gasteiger charge is -2.15. The molecule has 1 aliphatic rings. The van der Waals surface area contributed by atoms with Gasteiger partial charge in [0.2, 0.25) is 0 Å². The molecule has 15 heavy (non-hydrogen) atoms. The SMILES string of the molecule is COC(=O)C(Br)CNCC1CCOC1C. The van der Waals surface area contributed by atoms with Crippen LogP contribution >= 0.6 is 15.9 Å². The van der Waals surface area contributed by atoms with Crippen LogP contribution in [-0.2, 0) is 14.3 Å². The maximum absolute atomic E-state index is 11.1. The molecule has 1 N–H and O–H groups in total. The molecule has 3 unspecified atom stereocenters. The molecule has 0 spiro atoms. The van der Waals surface area contributed by atoms with Gasteiger partial charge < -0.3 is 14.8 Å². The fourth-order valence-electron chi connectivity index (χ4n) is 1.65. The number of carbonyl (C=O) groups excluding carboxylic acids is 1. The van der Waals surface area contributed by atoms with E-state index in [1.165, 1.54) is 7.11 Å².